The Kier molecular flexibility index (Phi) is 5.67. The monoisotopic (exact) mass is 447 g/mol. The highest BCUT2D eigenvalue weighted by Gasteiger charge is 2.35. The van der Waals surface area contributed by atoms with E-state index in [-0.39, 0.29) is 29.9 Å². The number of rotatable bonds is 4. The van der Waals surface area contributed by atoms with Crippen LogP contribution in [0.3, 0.4) is 0 Å². The van der Waals surface area contributed by atoms with E-state index in [0.717, 1.165) is 0 Å². The van der Waals surface area contributed by atoms with Crippen molar-refractivity contribution in [3.05, 3.63) is 47.8 Å². The second-order valence-corrected chi connectivity index (χ2v) is 9.56. The van der Waals surface area contributed by atoms with Gasteiger partial charge in [-0.1, -0.05) is 0 Å². The third-order valence-electron chi connectivity index (χ3n) is 5.39. The molecule has 0 saturated carbocycles. The number of carbonyl (C=O) groups is 2. The predicted octanol–water partition coefficient (Wildman–Crippen LogP) is 2.50. The van der Waals surface area contributed by atoms with Crippen LogP contribution in [0.15, 0.2) is 41.3 Å². The number of benzene rings is 2. The molecular weight excluding hydrogens is 425 g/mol. The third-order valence-corrected chi connectivity index (χ3v) is 7.40. The lowest BCUT2D eigenvalue weighted by molar-refractivity contribution is -0.121. The van der Waals surface area contributed by atoms with Crippen LogP contribution in [0, 0.1) is 18.7 Å². The first-order valence-corrected chi connectivity index (χ1v) is 11.3. The quantitative estimate of drug-likeness (QED) is 0.749. The number of hydrogen-bond donors (Lipinski definition) is 2. The molecule has 2 aliphatic heterocycles. The van der Waals surface area contributed by atoms with E-state index in [2.05, 4.69) is 10.6 Å². The predicted molar refractivity (Wildman–Crippen MR) is 112 cm³/mol. The van der Waals surface area contributed by atoms with Crippen LogP contribution in [-0.2, 0) is 19.6 Å². The van der Waals surface area contributed by atoms with Gasteiger partial charge in [0.1, 0.15) is 11.6 Å². The molecule has 0 spiro atoms. The molecule has 2 N–H and O–H groups in total. The zero-order chi connectivity index (χ0) is 22.2. The third kappa shape index (κ3) is 4.40. The molecule has 4 rings (SSSR count). The Hall–Kier alpha value is -2.98. The van der Waals surface area contributed by atoms with Crippen LogP contribution >= 0.6 is 0 Å². The molecule has 10 heteroatoms. The van der Waals surface area contributed by atoms with Gasteiger partial charge in [0.25, 0.3) is 5.91 Å². The van der Waals surface area contributed by atoms with Crippen molar-refractivity contribution in [3.63, 3.8) is 0 Å². The Balaban J connectivity index is 1.53. The molecule has 0 aromatic heterocycles. The molecule has 0 bridgehead atoms. The summed E-state index contributed by atoms with van der Waals surface area (Å²) in [6.07, 6.45) is 1.09. The van der Waals surface area contributed by atoms with Crippen molar-refractivity contribution in [2.75, 3.05) is 30.3 Å². The number of carbonyl (C=O) groups excluding carboxylic acids is 2. The number of ether oxygens (including phenoxy) is 1. The van der Waals surface area contributed by atoms with E-state index in [1.807, 2.05) is 0 Å². The molecule has 2 aromatic carbocycles. The first-order chi connectivity index (χ1) is 14.7. The van der Waals surface area contributed by atoms with Gasteiger partial charge < -0.3 is 15.4 Å². The number of aryl methyl sites for hydroxylation is 1. The van der Waals surface area contributed by atoms with Crippen LogP contribution in [0.4, 0.5) is 15.8 Å². The van der Waals surface area contributed by atoms with Crippen molar-refractivity contribution >= 4 is 33.2 Å². The fourth-order valence-corrected chi connectivity index (χ4v) is 5.53. The van der Waals surface area contributed by atoms with Gasteiger partial charge in [-0.25, -0.2) is 12.8 Å². The van der Waals surface area contributed by atoms with Crippen molar-refractivity contribution < 1.29 is 27.1 Å². The number of nitrogens with one attached hydrogen (secondary N) is 2. The lowest BCUT2D eigenvalue weighted by Gasteiger charge is -2.32. The van der Waals surface area contributed by atoms with Crippen molar-refractivity contribution in [1.82, 2.24) is 4.31 Å². The Morgan fingerprint density at radius 1 is 1.26 bits per heavy atom. The molecule has 2 aliphatic rings. The number of nitrogens with zero attached hydrogens (tertiary/aromatic N) is 1. The van der Waals surface area contributed by atoms with Crippen LogP contribution < -0.4 is 15.4 Å². The SMILES string of the molecule is Cc1cc2c(cc1S(=O)(=O)N1CCC[C@H](C(=O)Nc3ccc(F)cc3)C1)OCC(=O)N2. The molecule has 8 nitrogen and oxygen atoms in total. The zero-order valence-electron chi connectivity index (χ0n) is 16.9. The van der Waals surface area contributed by atoms with E-state index in [1.165, 1.54) is 34.6 Å². The maximum atomic E-state index is 13.3. The minimum atomic E-state index is -3.87. The Labute approximate surface area is 179 Å². The molecule has 2 aromatic rings. The first kappa shape index (κ1) is 21.3. The number of halogens is 1. The zero-order valence-corrected chi connectivity index (χ0v) is 17.7. The van der Waals surface area contributed by atoms with E-state index in [4.69, 9.17) is 4.74 Å². The van der Waals surface area contributed by atoms with Crippen LogP contribution in [0.25, 0.3) is 0 Å². The van der Waals surface area contributed by atoms with Crippen LogP contribution in [0.2, 0.25) is 0 Å². The maximum absolute atomic E-state index is 13.3. The molecule has 31 heavy (non-hydrogen) atoms. The van der Waals surface area contributed by atoms with Crippen molar-refractivity contribution in [2.45, 2.75) is 24.7 Å². The van der Waals surface area contributed by atoms with Gasteiger partial charge in [0, 0.05) is 24.8 Å². The second kappa shape index (κ2) is 8.27. The molecule has 1 fully saturated rings. The lowest BCUT2D eigenvalue weighted by Crippen LogP contribution is -2.43. The Morgan fingerprint density at radius 2 is 2.00 bits per heavy atom. The van der Waals surface area contributed by atoms with Gasteiger partial charge in [-0.05, 0) is 55.7 Å². The molecule has 0 aliphatic carbocycles. The molecule has 1 saturated heterocycles. The van der Waals surface area contributed by atoms with E-state index >= 15 is 0 Å². The summed E-state index contributed by atoms with van der Waals surface area (Å²) in [4.78, 5) is 24.2. The molecule has 0 radical (unpaired) electrons. The standard InChI is InChI=1S/C21H22FN3O5S/c1-13-9-17-18(30-12-20(26)24-17)10-19(13)31(28,29)25-8-2-3-14(11-25)21(27)23-16-6-4-15(22)5-7-16/h4-7,9-10,14H,2-3,8,11-12H2,1H3,(H,23,27)(H,24,26)/t14-/m0/s1. The van der Waals surface area contributed by atoms with Gasteiger partial charge >= 0.3 is 0 Å². The normalized spacial score (nSPS) is 19.2. The summed E-state index contributed by atoms with van der Waals surface area (Å²) in [6.45, 7) is 1.82. The van der Waals surface area contributed by atoms with Gasteiger partial charge in [0.15, 0.2) is 6.61 Å². The average Bonchev–Trinajstić information content (AvgIpc) is 2.74. The summed E-state index contributed by atoms with van der Waals surface area (Å²) < 4.78 is 46.4. The Bertz CT molecular complexity index is 1130. The van der Waals surface area contributed by atoms with E-state index in [1.54, 1.807) is 13.0 Å². The number of amides is 2. The van der Waals surface area contributed by atoms with Gasteiger partial charge in [-0.3, -0.25) is 9.59 Å². The molecule has 1 atom stereocenters. The summed E-state index contributed by atoms with van der Waals surface area (Å²) >= 11 is 0. The fraction of sp³-hybridized carbons (Fsp3) is 0.333. The summed E-state index contributed by atoms with van der Waals surface area (Å²) in [5.74, 6) is -1.24. The van der Waals surface area contributed by atoms with E-state index in [9.17, 15) is 22.4 Å². The van der Waals surface area contributed by atoms with Crippen molar-refractivity contribution in [2.24, 2.45) is 5.92 Å². The summed E-state index contributed by atoms with van der Waals surface area (Å²) in [6, 6.07) is 8.40. The lowest BCUT2D eigenvalue weighted by atomic mass is 9.99. The van der Waals surface area contributed by atoms with Gasteiger partial charge in [0.2, 0.25) is 15.9 Å². The van der Waals surface area contributed by atoms with E-state index in [0.29, 0.717) is 42.1 Å². The minimum absolute atomic E-state index is 0.0451. The minimum Gasteiger partial charge on any atom is -0.482 e. The Morgan fingerprint density at radius 3 is 2.74 bits per heavy atom. The summed E-state index contributed by atoms with van der Waals surface area (Å²) in [5, 5.41) is 5.38. The molecular formula is C21H22FN3O5S. The number of hydrogen-bond acceptors (Lipinski definition) is 5. The molecule has 2 amide bonds. The van der Waals surface area contributed by atoms with Crippen LogP contribution in [0.5, 0.6) is 5.75 Å². The van der Waals surface area contributed by atoms with Crippen molar-refractivity contribution in [3.8, 4) is 5.75 Å². The number of anilines is 2. The topological polar surface area (TPSA) is 105 Å². The van der Waals surface area contributed by atoms with Gasteiger partial charge in [0.05, 0.1) is 16.5 Å². The molecule has 164 valence electrons. The first-order valence-electron chi connectivity index (χ1n) is 9.88. The highest BCUT2D eigenvalue weighted by atomic mass is 32.2. The smallest absolute Gasteiger partial charge is 0.262 e. The summed E-state index contributed by atoms with van der Waals surface area (Å²) in [5.41, 5.74) is 1.36. The van der Waals surface area contributed by atoms with Crippen molar-refractivity contribution in [1.29, 1.82) is 0 Å². The average molecular weight is 447 g/mol. The number of sulfonamides is 1. The maximum Gasteiger partial charge on any atom is 0.262 e. The number of fused-ring (bicyclic) bond motifs is 1. The van der Waals surface area contributed by atoms with Crippen LogP contribution in [-0.4, -0.2) is 44.2 Å². The van der Waals surface area contributed by atoms with E-state index < -0.39 is 21.8 Å². The highest BCUT2D eigenvalue weighted by Crippen LogP contribution is 2.35. The molecule has 2 heterocycles. The highest BCUT2D eigenvalue weighted by molar-refractivity contribution is 7.89. The summed E-state index contributed by atoms with van der Waals surface area (Å²) in [7, 11) is -3.87. The van der Waals surface area contributed by atoms with Crippen LogP contribution in [0.1, 0.15) is 18.4 Å². The second-order valence-electron chi connectivity index (χ2n) is 7.65. The number of piperidine rings is 1. The fourth-order valence-electron chi connectivity index (χ4n) is 3.79. The van der Waals surface area contributed by atoms with Gasteiger partial charge in [-0.2, -0.15) is 4.31 Å². The molecule has 0 unspecified atom stereocenters. The largest absolute Gasteiger partial charge is 0.482 e. The van der Waals surface area contributed by atoms with Gasteiger partial charge in [-0.15, -0.1) is 0 Å².